The van der Waals surface area contributed by atoms with Crippen LogP contribution in [0.3, 0.4) is 0 Å². The predicted molar refractivity (Wildman–Crippen MR) is 70.2 cm³/mol. The molecule has 0 aliphatic carbocycles. The molecule has 0 amide bonds. The number of ether oxygens (including phenoxy) is 2. The van der Waals surface area contributed by atoms with Gasteiger partial charge < -0.3 is 9.47 Å². The minimum Gasteiger partial charge on any atom is -0.477 e. The summed E-state index contributed by atoms with van der Waals surface area (Å²) in [6, 6.07) is 0. The number of hydrogen-bond acceptors (Lipinski definition) is 4. The van der Waals surface area contributed by atoms with Gasteiger partial charge in [-0.15, -0.1) is 0 Å². The lowest BCUT2D eigenvalue weighted by atomic mass is 10.0. The van der Waals surface area contributed by atoms with Crippen molar-refractivity contribution in [2.45, 2.75) is 33.1 Å². The first kappa shape index (κ1) is 13.6. The number of hydrogen-bond donors (Lipinski definition) is 0. The van der Waals surface area contributed by atoms with Crippen LogP contribution in [0.2, 0.25) is 5.15 Å². The van der Waals surface area contributed by atoms with Crippen LogP contribution >= 0.6 is 11.6 Å². The third-order valence-electron chi connectivity index (χ3n) is 3.20. The van der Waals surface area contributed by atoms with Crippen molar-refractivity contribution in [3.05, 3.63) is 16.5 Å². The van der Waals surface area contributed by atoms with Crippen molar-refractivity contribution < 1.29 is 9.47 Å². The van der Waals surface area contributed by atoms with Crippen LogP contribution in [0, 0.1) is 12.8 Å². The van der Waals surface area contributed by atoms with Crippen molar-refractivity contribution in [1.82, 2.24) is 9.97 Å². The maximum atomic E-state index is 6.07. The van der Waals surface area contributed by atoms with Crippen LogP contribution in [-0.2, 0) is 11.2 Å². The number of halogens is 1. The van der Waals surface area contributed by atoms with Crippen LogP contribution in [0.4, 0.5) is 0 Å². The van der Waals surface area contributed by atoms with Gasteiger partial charge in [-0.3, -0.25) is 0 Å². The molecule has 1 aliphatic heterocycles. The maximum absolute atomic E-state index is 6.07. The highest BCUT2D eigenvalue weighted by atomic mass is 35.5. The number of aryl methyl sites for hydroxylation is 1. The summed E-state index contributed by atoms with van der Waals surface area (Å²) in [6.07, 6.45) is 2.87. The summed E-state index contributed by atoms with van der Waals surface area (Å²) in [5.74, 6) is 1.91. The molecule has 0 aromatic carbocycles. The number of nitrogens with zero attached hydrogens (tertiary/aromatic N) is 2. The Morgan fingerprint density at radius 1 is 1.33 bits per heavy atom. The zero-order valence-corrected chi connectivity index (χ0v) is 11.7. The van der Waals surface area contributed by atoms with Gasteiger partial charge in [0.2, 0.25) is 5.88 Å². The quantitative estimate of drug-likeness (QED) is 0.789. The molecule has 1 saturated heterocycles. The van der Waals surface area contributed by atoms with E-state index in [0.717, 1.165) is 43.9 Å². The van der Waals surface area contributed by atoms with E-state index >= 15 is 0 Å². The Morgan fingerprint density at radius 2 is 2.06 bits per heavy atom. The van der Waals surface area contributed by atoms with Crippen LogP contribution in [0.25, 0.3) is 0 Å². The molecule has 18 heavy (non-hydrogen) atoms. The van der Waals surface area contributed by atoms with E-state index in [1.807, 2.05) is 13.8 Å². The van der Waals surface area contributed by atoms with E-state index < -0.39 is 0 Å². The summed E-state index contributed by atoms with van der Waals surface area (Å²) in [5.41, 5.74) is 0.820. The van der Waals surface area contributed by atoms with Crippen molar-refractivity contribution in [3.63, 3.8) is 0 Å². The van der Waals surface area contributed by atoms with Gasteiger partial charge in [0.05, 0.1) is 6.61 Å². The zero-order chi connectivity index (χ0) is 13.0. The minimum atomic E-state index is 0.490. The molecule has 0 atom stereocenters. The molecule has 0 radical (unpaired) electrons. The van der Waals surface area contributed by atoms with E-state index in [1.54, 1.807) is 0 Å². The SMILES string of the molecule is CCc1nc(Cl)c(C)c(OCC2CCOCC2)n1. The van der Waals surface area contributed by atoms with Gasteiger partial charge in [0.1, 0.15) is 11.0 Å². The second-order valence-corrected chi connectivity index (χ2v) is 4.94. The first-order valence-corrected chi connectivity index (χ1v) is 6.82. The van der Waals surface area contributed by atoms with Crippen molar-refractivity contribution in [1.29, 1.82) is 0 Å². The molecule has 2 heterocycles. The molecule has 1 aliphatic rings. The van der Waals surface area contributed by atoms with Crippen LogP contribution in [0.1, 0.15) is 31.2 Å². The second kappa shape index (κ2) is 6.34. The third-order valence-corrected chi connectivity index (χ3v) is 3.57. The molecule has 0 unspecified atom stereocenters. The highest BCUT2D eigenvalue weighted by molar-refractivity contribution is 6.30. The standard InChI is InChI=1S/C13H19ClN2O2/c1-3-11-15-12(14)9(2)13(16-11)18-8-10-4-6-17-7-5-10/h10H,3-8H2,1-2H3. The van der Waals surface area contributed by atoms with E-state index in [-0.39, 0.29) is 0 Å². The Kier molecular flexibility index (Phi) is 4.78. The van der Waals surface area contributed by atoms with Crippen LogP contribution < -0.4 is 4.74 Å². The second-order valence-electron chi connectivity index (χ2n) is 4.58. The summed E-state index contributed by atoms with van der Waals surface area (Å²) in [7, 11) is 0. The molecule has 1 aromatic heterocycles. The molecule has 0 spiro atoms. The van der Waals surface area contributed by atoms with Crippen molar-refractivity contribution in [2.75, 3.05) is 19.8 Å². The van der Waals surface area contributed by atoms with Crippen molar-refractivity contribution >= 4 is 11.6 Å². The van der Waals surface area contributed by atoms with E-state index in [9.17, 15) is 0 Å². The highest BCUT2D eigenvalue weighted by Gasteiger charge is 2.16. The summed E-state index contributed by atoms with van der Waals surface area (Å²) < 4.78 is 11.1. The summed E-state index contributed by atoms with van der Waals surface area (Å²) >= 11 is 6.07. The van der Waals surface area contributed by atoms with Crippen molar-refractivity contribution in [2.24, 2.45) is 5.92 Å². The van der Waals surface area contributed by atoms with Gasteiger partial charge in [0.25, 0.3) is 0 Å². The third kappa shape index (κ3) is 3.33. The number of aromatic nitrogens is 2. The van der Waals surface area contributed by atoms with E-state index in [0.29, 0.717) is 23.6 Å². The fourth-order valence-corrected chi connectivity index (χ4v) is 2.10. The summed E-state index contributed by atoms with van der Waals surface area (Å²) in [6.45, 7) is 6.24. The van der Waals surface area contributed by atoms with Crippen LogP contribution in [0.5, 0.6) is 5.88 Å². The predicted octanol–water partition coefficient (Wildman–Crippen LogP) is 2.81. The summed E-state index contributed by atoms with van der Waals surface area (Å²) in [4.78, 5) is 8.59. The molecule has 0 bridgehead atoms. The van der Waals surface area contributed by atoms with Gasteiger partial charge in [-0.05, 0) is 25.7 Å². The topological polar surface area (TPSA) is 44.2 Å². The van der Waals surface area contributed by atoms with Gasteiger partial charge in [-0.2, -0.15) is 4.98 Å². The maximum Gasteiger partial charge on any atom is 0.221 e. The molecule has 1 aromatic rings. The Bertz CT molecular complexity index is 406. The van der Waals surface area contributed by atoms with Gasteiger partial charge in [0.15, 0.2) is 0 Å². The lowest BCUT2D eigenvalue weighted by molar-refractivity contribution is 0.0488. The molecular weight excluding hydrogens is 252 g/mol. The van der Waals surface area contributed by atoms with E-state index in [1.165, 1.54) is 0 Å². The van der Waals surface area contributed by atoms with Gasteiger partial charge in [-0.1, -0.05) is 18.5 Å². The Balaban J connectivity index is 2.01. The molecule has 1 fully saturated rings. The smallest absolute Gasteiger partial charge is 0.221 e. The molecule has 0 saturated carbocycles. The molecule has 4 nitrogen and oxygen atoms in total. The first-order valence-electron chi connectivity index (χ1n) is 6.44. The first-order chi connectivity index (χ1) is 8.70. The van der Waals surface area contributed by atoms with Crippen molar-refractivity contribution in [3.8, 4) is 5.88 Å². The molecule has 5 heteroatoms. The Morgan fingerprint density at radius 3 is 2.72 bits per heavy atom. The average Bonchev–Trinajstić information content (AvgIpc) is 2.41. The van der Waals surface area contributed by atoms with Gasteiger partial charge >= 0.3 is 0 Å². The minimum absolute atomic E-state index is 0.490. The summed E-state index contributed by atoms with van der Waals surface area (Å²) in [5, 5.41) is 0.490. The van der Waals surface area contributed by atoms with Gasteiger partial charge in [0, 0.05) is 25.2 Å². The van der Waals surface area contributed by atoms with E-state index in [2.05, 4.69) is 9.97 Å². The lowest BCUT2D eigenvalue weighted by Crippen LogP contribution is -2.22. The molecule has 2 rings (SSSR count). The van der Waals surface area contributed by atoms with Crippen LogP contribution in [0.15, 0.2) is 0 Å². The lowest BCUT2D eigenvalue weighted by Gasteiger charge is -2.22. The molecular formula is C13H19ClN2O2. The van der Waals surface area contributed by atoms with E-state index in [4.69, 9.17) is 21.1 Å². The Labute approximate surface area is 113 Å². The highest BCUT2D eigenvalue weighted by Crippen LogP contribution is 2.24. The Hall–Kier alpha value is -0.870. The number of rotatable bonds is 4. The zero-order valence-electron chi connectivity index (χ0n) is 10.9. The van der Waals surface area contributed by atoms with Gasteiger partial charge in [-0.25, -0.2) is 4.98 Å². The fourth-order valence-electron chi connectivity index (χ4n) is 1.92. The normalized spacial score (nSPS) is 16.8. The largest absolute Gasteiger partial charge is 0.477 e. The molecule has 100 valence electrons. The fraction of sp³-hybridized carbons (Fsp3) is 0.692. The molecule has 0 N–H and O–H groups in total. The van der Waals surface area contributed by atoms with Crippen LogP contribution in [-0.4, -0.2) is 29.8 Å². The average molecular weight is 271 g/mol. The monoisotopic (exact) mass is 270 g/mol.